The lowest BCUT2D eigenvalue weighted by Crippen LogP contribution is -2.32. The number of rotatable bonds is 8. The van der Waals surface area contributed by atoms with E-state index in [4.69, 9.17) is 16.0 Å². The lowest BCUT2D eigenvalue weighted by atomic mass is 9.95. The molecule has 0 saturated heterocycles. The Balaban J connectivity index is 1.54. The largest absolute Gasteiger partial charge is 0.416 e. The highest BCUT2D eigenvalue weighted by Crippen LogP contribution is 2.27. The van der Waals surface area contributed by atoms with Gasteiger partial charge in [0, 0.05) is 35.1 Å². The third-order valence-electron chi connectivity index (χ3n) is 5.06. The number of alkyl halides is 1. The van der Waals surface area contributed by atoms with Crippen LogP contribution in [-0.4, -0.2) is 35.4 Å². The Hall–Kier alpha value is -3.76. The van der Waals surface area contributed by atoms with Crippen molar-refractivity contribution in [3.8, 4) is 22.9 Å². The van der Waals surface area contributed by atoms with Crippen LogP contribution in [0.15, 0.2) is 82.4 Å². The van der Waals surface area contributed by atoms with E-state index in [1.807, 2.05) is 0 Å². The molecule has 0 saturated carbocycles. The maximum absolute atomic E-state index is 13.1. The van der Waals surface area contributed by atoms with Crippen molar-refractivity contribution in [1.82, 2.24) is 15.2 Å². The Morgan fingerprint density at radius 2 is 1.60 bits per heavy atom. The molecule has 9 nitrogen and oxygen atoms in total. The molecule has 2 aromatic carbocycles. The standard InChI is InChI=1S/C24H22ClN5O4S/c1-24(2,15-25)23(31)27-18-6-4-7-19(14-18)30-35(32,33)20-8-3-5-17(13-20)22-29-28-21(34-22)16-9-11-26-12-10-16/h3-14,30H,15H2,1-2H3,(H,27,31). The van der Waals surface area contributed by atoms with Gasteiger partial charge in [-0.3, -0.25) is 14.5 Å². The van der Waals surface area contributed by atoms with Gasteiger partial charge in [-0.05, 0) is 62.4 Å². The van der Waals surface area contributed by atoms with E-state index in [2.05, 4.69) is 25.2 Å². The van der Waals surface area contributed by atoms with Crippen molar-refractivity contribution in [2.45, 2.75) is 18.7 Å². The molecule has 2 aromatic heterocycles. The molecule has 0 bridgehead atoms. The lowest BCUT2D eigenvalue weighted by Gasteiger charge is -2.20. The summed E-state index contributed by atoms with van der Waals surface area (Å²) in [5.74, 6) is 0.349. The summed E-state index contributed by atoms with van der Waals surface area (Å²) in [4.78, 5) is 16.4. The molecule has 2 heterocycles. The van der Waals surface area contributed by atoms with Crippen molar-refractivity contribution in [3.63, 3.8) is 0 Å². The highest BCUT2D eigenvalue weighted by Gasteiger charge is 2.26. The van der Waals surface area contributed by atoms with E-state index in [-0.39, 0.29) is 28.3 Å². The molecule has 2 N–H and O–H groups in total. The lowest BCUT2D eigenvalue weighted by molar-refractivity contribution is -0.122. The Morgan fingerprint density at radius 3 is 2.31 bits per heavy atom. The summed E-state index contributed by atoms with van der Waals surface area (Å²) in [5.41, 5.74) is 1.10. The van der Waals surface area contributed by atoms with Crippen LogP contribution in [0.2, 0.25) is 0 Å². The fourth-order valence-corrected chi connectivity index (χ4v) is 4.20. The predicted octanol–water partition coefficient (Wildman–Crippen LogP) is 4.80. The van der Waals surface area contributed by atoms with Crippen LogP contribution in [0.4, 0.5) is 11.4 Å². The summed E-state index contributed by atoms with van der Waals surface area (Å²) >= 11 is 5.86. The number of carbonyl (C=O) groups is 1. The van der Waals surface area contributed by atoms with Gasteiger partial charge in [0.15, 0.2) is 0 Å². The minimum Gasteiger partial charge on any atom is -0.416 e. The molecule has 0 atom stereocenters. The minimum absolute atomic E-state index is 0.0105. The van der Waals surface area contributed by atoms with Crippen molar-refractivity contribution in [3.05, 3.63) is 73.1 Å². The van der Waals surface area contributed by atoms with Crippen LogP contribution < -0.4 is 10.0 Å². The monoisotopic (exact) mass is 511 g/mol. The Morgan fingerprint density at radius 1 is 0.943 bits per heavy atom. The second-order valence-corrected chi connectivity index (χ2v) is 10.3. The smallest absolute Gasteiger partial charge is 0.261 e. The summed E-state index contributed by atoms with van der Waals surface area (Å²) in [7, 11) is -3.95. The van der Waals surface area contributed by atoms with Gasteiger partial charge in [-0.2, -0.15) is 0 Å². The average molecular weight is 512 g/mol. The Kier molecular flexibility index (Phi) is 6.86. The molecular formula is C24H22ClN5O4S. The number of carbonyl (C=O) groups excluding carboxylic acids is 1. The van der Waals surface area contributed by atoms with Crippen molar-refractivity contribution >= 4 is 38.9 Å². The molecular weight excluding hydrogens is 490 g/mol. The fourth-order valence-electron chi connectivity index (χ4n) is 2.98. The van der Waals surface area contributed by atoms with Crippen LogP contribution in [0.3, 0.4) is 0 Å². The topological polar surface area (TPSA) is 127 Å². The van der Waals surface area contributed by atoms with E-state index in [1.54, 1.807) is 68.7 Å². The van der Waals surface area contributed by atoms with Gasteiger partial charge < -0.3 is 9.73 Å². The third kappa shape index (κ3) is 5.67. The number of nitrogens with one attached hydrogen (secondary N) is 2. The van der Waals surface area contributed by atoms with Crippen LogP contribution in [0, 0.1) is 5.41 Å². The summed E-state index contributed by atoms with van der Waals surface area (Å²) < 4.78 is 34.4. The molecule has 35 heavy (non-hydrogen) atoms. The molecule has 4 rings (SSSR count). The number of halogens is 1. The number of sulfonamides is 1. The number of benzene rings is 2. The highest BCUT2D eigenvalue weighted by molar-refractivity contribution is 7.92. The van der Waals surface area contributed by atoms with Gasteiger partial charge in [-0.1, -0.05) is 12.1 Å². The van der Waals surface area contributed by atoms with Gasteiger partial charge in [0.05, 0.1) is 16.0 Å². The van der Waals surface area contributed by atoms with E-state index in [1.165, 1.54) is 18.2 Å². The molecule has 180 valence electrons. The summed E-state index contributed by atoms with van der Waals surface area (Å²) in [5, 5.41) is 10.8. The quantitative estimate of drug-likeness (QED) is 0.325. The van der Waals surface area contributed by atoms with Gasteiger partial charge in [0.25, 0.3) is 10.0 Å². The number of amides is 1. The van der Waals surface area contributed by atoms with Crippen LogP contribution in [0.25, 0.3) is 22.9 Å². The summed E-state index contributed by atoms with van der Waals surface area (Å²) in [6.07, 6.45) is 3.22. The van der Waals surface area contributed by atoms with Crippen LogP contribution >= 0.6 is 11.6 Å². The highest BCUT2D eigenvalue weighted by atomic mass is 35.5. The van der Waals surface area contributed by atoms with Crippen molar-refractivity contribution in [2.24, 2.45) is 5.41 Å². The molecule has 0 spiro atoms. The molecule has 0 unspecified atom stereocenters. The van der Waals surface area contributed by atoms with Crippen molar-refractivity contribution in [2.75, 3.05) is 15.9 Å². The first-order chi connectivity index (χ1) is 16.7. The first-order valence-corrected chi connectivity index (χ1v) is 12.5. The predicted molar refractivity (Wildman–Crippen MR) is 133 cm³/mol. The summed E-state index contributed by atoms with van der Waals surface area (Å²) in [6, 6.07) is 16.0. The van der Waals surface area contributed by atoms with E-state index in [0.717, 1.165) is 0 Å². The Labute approximate surface area is 207 Å². The third-order valence-corrected chi connectivity index (χ3v) is 7.11. The second-order valence-electron chi connectivity index (χ2n) is 8.33. The van der Waals surface area contributed by atoms with E-state index in [0.29, 0.717) is 22.7 Å². The van der Waals surface area contributed by atoms with Gasteiger partial charge in [-0.25, -0.2) is 8.42 Å². The molecule has 0 radical (unpaired) electrons. The van der Waals surface area contributed by atoms with Crippen LogP contribution in [0.5, 0.6) is 0 Å². The van der Waals surface area contributed by atoms with Crippen molar-refractivity contribution in [1.29, 1.82) is 0 Å². The zero-order valence-electron chi connectivity index (χ0n) is 18.9. The number of hydrogen-bond acceptors (Lipinski definition) is 7. The number of pyridine rings is 1. The molecule has 1 amide bonds. The van der Waals surface area contributed by atoms with Gasteiger partial charge >= 0.3 is 0 Å². The van der Waals surface area contributed by atoms with Gasteiger partial charge in [-0.15, -0.1) is 21.8 Å². The molecule has 4 aromatic rings. The molecule has 0 aliphatic carbocycles. The fraction of sp³-hybridized carbons (Fsp3) is 0.167. The number of hydrogen-bond donors (Lipinski definition) is 2. The first kappa shape index (κ1) is 24.4. The zero-order chi connectivity index (χ0) is 25.1. The maximum atomic E-state index is 13.1. The normalized spacial score (nSPS) is 11.7. The minimum atomic E-state index is -3.95. The molecule has 0 aliphatic heterocycles. The number of anilines is 2. The van der Waals surface area contributed by atoms with E-state index < -0.39 is 15.4 Å². The Bertz CT molecular complexity index is 1460. The van der Waals surface area contributed by atoms with Crippen LogP contribution in [0.1, 0.15) is 13.8 Å². The second kappa shape index (κ2) is 9.85. The van der Waals surface area contributed by atoms with E-state index >= 15 is 0 Å². The van der Waals surface area contributed by atoms with Gasteiger partial charge in [0.1, 0.15) is 0 Å². The molecule has 0 fully saturated rings. The first-order valence-electron chi connectivity index (χ1n) is 10.5. The SMILES string of the molecule is CC(C)(CCl)C(=O)Nc1cccc(NS(=O)(=O)c2cccc(-c3nnc(-c4ccncc4)o3)c2)c1. The van der Waals surface area contributed by atoms with E-state index in [9.17, 15) is 13.2 Å². The van der Waals surface area contributed by atoms with Crippen molar-refractivity contribution < 1.29 is 17.6 Å². The number of aromatic nitrogens is 3. The average Bonchev–Trinajstić information content (AvgIpc) is 3.35. The van der Waals surface area contributed by atoms with Crippen LogP contribution in [-0.2, 0) is 14.8 Å². The maximum Gasteiger partial charge on any atom is 0.261 e. The molecule has 11 heteroatoms. The number of nitrogens with zero attached hydrogens (tertiary/aromatic N) is 3. The molecule has 0 aliphatic rings. The van der Waals surface area contributed by atoms with Gasteiger partial charge in [0.2, 0.25) is 17.7 Å². The zero-order valence-corrected chi connectivity index (χ0v) is 20.5. The summed E-state index contributed by atoms with van der Waals surface area (Å²) in [6.45, 7) is 3.44.